The lowest BCUT2D eigenvalue weighted by Gasteiger charge is -2.34. The van der Waals surface area contributed by atoms with E-state index in [-0.39, 0.29) is 24.9 Å². The molecule has 0 bridgehead atoms. The van der Waals surface area contributed by atoms with Gasteiger partial charge in [0, 0.05) is 25.4 Å². The number of hydrogen-bond acceptors (Lipinski definition) is 4. The number of ether oxygens (including phenoxy) is 2. The number of carbonyl (C=O) groups is 1. The van der Waals surface area contributed by atoms with Gasteiger partial charge in [-0.1, -0.05) is 0 Å². The molecule has 8 heteroatoms. The van der Waals surface area contributed by atoms with Gasteiger partial charge < -0.3 is 20.5 Å². The first kappa shape index (κ1) is 19.6. The summed E-state index contributed by atoms with van der Waals surface area (Å²) in [6.45, 7) is 0.649. The van der Waals surface area contributed by atoms with Crippen LogP contribution >= 0.6 is 12.4 Å². The fraction of sp³-hybridized carbons (Fsp3) is 0.533. The molecule has 1 aromatic rings. The van der Waals surface area contributed by atoms with Crippen LogP contribution in [0.2, 0.25) is 0 Å². The predicted molar refractivity (Wildman–Crippen MR) is 85.4 cm³/mol. The molecule has 130 valence electrons. The number of nitrogens with two attached hydrogens (primary N) is 1. The van der Waals surface area contributed by atoms with Gasteiger partial charge in [-0.3, -0.25) is 4.79 Å². The monoisotopic (exact) mass is 350 g/mol. The summed E-state index contributed by atoms with van der Waals surface area (Å²) in [6.07, 6.45) is -1.34. The summed E-state index contributed by atoms with van der Waals surface area (Å²) in [5.41, 5.74) is 5.75. The van der Waals surface area contributed by atoms with Crippen molar-refractivity contribution in [3.63, 3.8) is 0 Å². The van der Waals surface area contributed by atoms with Crippen molar-refractivity contribution in [3.05, 3.63) is 24.3 Å². The van der Waals surface area contributed by atoms with E-state index in [1.54, 1.807) is 12.1 Å². The van der Waals surface area contributed by atoms with Crippen LogP contribution in [0.5, 0.6) is 5.75 Å². The molecule has 3 N–H and O–H groups in total. The van der Waals surface area contributed by atoms with Crippen LogP contribution in [0.25, 0.3) is 0 Å². The molecule has 1 aliphatic heterocycles. The van der Waals surface area contributed by atoms with Gasteiger partial charge in [0.25, 0.3) is 6.43 Å². The third-order valence-corrected chi connectivity index (χ3v) is 3.81. The Morgan fingerprint density at radius 1 is 1.30 bits per heavy atom. The van der Waals surface area contributed by atoms with E-state index in [1.807, 2.05) is 0 Å². The second kappa shape index (κ2) is 9.00. The average molecular weight is 351 g/mol. The minimum atomic E-state index is -2.52. The minimum absolute atomic E-state index is 0. The zero-order valence-corrected chi connectivity index (χ0v) is 13.4. The topological polar surface area (TPSA) is 73.6 Å². The van der Waals surface area contributed by atoms with E-state index in [0.29, 0.717) is 37.5 Å². The summed E-state index contributed by atoms with van der Waals surface area (Å²) in [6, 6.07) is 6.30. The molecule has 0 saturated carbocycles. The highest BCUT2D eigenvalue weighted by atomic mass is 35.5. The maximum atomic E-state index is 12.4. The van der Waals surface area contributed by atoms with Crippen LogP contribution in [0.15, 0.2) is 24.3 Å². The molecular weight excluding hydrogens is 330 g/mol. The fourth-order valence-electron chi connectivity index (χ4n) is 2.34. The van der Waals surface area contributed by atoms with E-state index < -0.39 is 18.4 Å². The fourth-order valence-corrected chi connectivity index (χ4v) is 2.34. The van der Waals surface area contributed by atoms with E-state index in [4.69, 9.17) is 15.2 Å². The van der Waals surface area contributed by atoms with Crippen molar-refractivity contribution in [2.45, 2.75) is 19.3 Å². The molecule has 0 unspecified atom stereocenters. The zero-order valence-electron chi connectivity index (χ0n) is 12.6. The van der Waals surface area contributed by atoms with Gasteiger partial charge in [-0.25, -0.2) is 8.78 Å². The van der Waals surface area contributed by atoms with E-state index in [2.05, 4.69) is 5.32 Å². The lowest BCUT2D eigenvalue weighted by molar-refractivity contribution is -0.130. The molecule has 1 amide bonds. The number of anilines is 1. The molecule has 0 atom stereocenters. The van der Waals surface area contributed by atoms with E-state index >= 15 is 0 Å². The van der Waals surface area contributed by atoms with Crippen molar-refractivity contribution in [1.82, 2.24) is 0 Å². The third kappa shape index (κ3) is 5.30. The normalized spacial score (nSPS) is 16.5. The first-order valence-electron chi connectivity index (χ1n) is 7.16. The maximum absolute atomic E-state index is 12.4. The molecule has 1 heterocycles. The molecule has 0 aliphatic carbocycles. The Hall–Kier alpha value is -1.44. The van der Waals surface area contributed by atoms with Gasteiger partial charge in [-0.05, 0) is 37.1 Å². The standard InChI is InChI=1S/C15H20F2N2O3.ClH/c16-13(17)9-22-12-3-1-11(2-4-12)19-14(20)15(10-18)5-7-21-8-6-15;/h1-4,13H,5-10,18H2,(H,19,20);1H. The van der Waals surface area contributed by atoms with Crippen molar-refractivity contribution in [1.29, 1.82) is 0 Å². The van der Waals surface area contributed by atoms with Crippen molar-refractivity contribution in [2.75, 3.05) is 31.7 Å². The SMILES string of the molecule is Cl.NCC1(C(=O)Nc2ccc(OCC(F)F)cc2)CCOCC1. The van der Waals surface area contributed by atoms with E-state index in [9.17, 15) is 13.6 Å². The molecule has 5 nitrogen and oxygen atoms in total. The van der Waals surface area contributed by atoms with Gasteiger partial charge in [0.2, 0.25) is 5.91 Å². The predicted octanol–water partition coefficient (Wildman–Crippen LogP) is 2.45. The first-order valence-corrected chi connectivity index (χ1v) is 7.16. The Morgan fingerprint density at radius 3 is 2.43 bits per heavy atom. The summed E-state index contributed by atoms with van der Waals surface area (Å²) in [7, 11) is 0. The number of benzene rings is 1. The van der Waals surface area contributed by atoms with Gasteiger partial charge >= 0.3 is 0 Å². The van der Waals surface area contributed by atoms with Gasteiger partial charge in [0.05, 0.1) is 5.41 Å². The van der Waals surface area contributed by atoms with Crippen LogP contribution in [0.4, 0.5) is 14.5 Å². The third-order valence-electron chi connectivity index (χ3n) is 3.81. The smallest absolute Gasteiger partial charge is 0.272 e. The van der Waals surface area contributed by atoms with Crippen LogP contribution in [-0.2, 0) is 9.53 Å². The molecule has 1 saturated heterocycles. The number of amides is 1. The summed E-state index contributed by atoms with van der Waals surface area (Å²) in [5, 5.41) is 2.82. The lowest BCUT2D eigenvalue weighted by atomic mass is 9.79. The molecule has 2 rings (SSSR count). The number of halogens is 3. The Kier molecular flexibility index (Phi) is 7.67. The minimum Gasteiger partial charge on any atom is -0.488 e. The number of carbonyl (C=O) groups excluding carboxylic acids is 1. The zero-order chi connectivity index (χ0) is 16.0. The highest BCUT2D eigenvalue weighted by Gasteiger charge is 2.38. The molecule has 1 aromatic carbocycles. The van der Waals surface area contributed by atoms with E-state index in [0.717, 1.165) is 0 Å². The molecule has 1 aliphatic rings. The highest BCUT2D eigenvalue weighted by molar-refractivity contribution is 5.95. The van der Waals surface area contributed by atoms with Crippen LogP contribution in [0, 0.1) is 5.41 Å². The summed E-state index contributed by atoms with van der Waals surface area (Å²) >= 11 is 0. The highest BCUT2D eigenvalue weighted by Crippen LogP contribution is 2.31. The molecule has 0 spiro atoms. The molecule has 0 aromatic heterocycles. The largest absolute Gasteiger partial charge is 0.488 e. The van der Waals surface area contributed by atoms with Gasteiger partial charge in [-0.15, -0.1) is 12.4 Å². The Labute approximate surface area is 139 Å². The Bertz CT molecular complexity index is 494. The molecular formula is C15H21ClF2N2O3. The second-order valence-corrected chi connectivity index (χ2v) is 5.28. The van der Waals surface area contributed by atoms with Crippen molar-refractivity contribution in [2.24, 2.45) is 11.1 Å². The van der Waals surface area contributed by atoms with Crippen LogP contribution < -0.4 is 15.8 Å². The number of rotatable bonds is 6. The van der Waals surface area contributed by atoms with Crippen LogP contribution in [0.1, 0.15) is 12.8 Å². The van der Waals surface area contributed by atoms with Crippen LogP contribution in [0.3, 0.4) is 0 Å². The lowest BCUT2D eigenvalue weighted by Crippen LogP contribution is -2.46. The summed E-state index contributed by atoms with van der Waals surface area (Å²) in [4.78, 5) is 12.4. The van der Waals surface area contributed by atoms with Gasteiger partial charge in [0.15, 0.2) is 0 Å². The number of nitrogens with one attached hydrogen (secondary N) is 1. The molecule has 0 radical (unpaired) electrons. The number of hydrogen-bond donors (Lipinski definition) is 2. The van der Waals surface area contributed by atoms with E-state index in [1.165, 1.54) is 12.1 Å². The Balaban J connectivity index is 0.00000264. The quantitative estimate of drug-likeness (QED) is 0.826. The molecule has 23 heavy (non-hydrogen) atoms. The number of alkyl halides is 2. The summed E-state index contributed by atoms with van der Waals surface area (Å²) in [5.74, 6) is 0.192. The average Bonchev–Trinajstić information content (AvgIpc) is 2.54. The van der Waals surface area contributed by atoms with Crippen molar-refractivity contribution < 1.29 is 23.0 Å². The Morgan fingerprint density at radius 2 is 1.91 bits per heavy atom. The van der Waals surface area contributed by atoms with Crippen molar-refractivity contribution in [3.8, 4) is 5.75 Å². The summed E-state index contributed by atoms with van der Waals surface area (Å²) < 4.78 is 34.3. The van der Waals surface area contributed by atoms with Crippen LogP contribution in [-0.4, -0.2) is 38.7 Å². The molecule has 1 fully saturated rings. The maximum Gasteiger partial charge on any atom is 0.272 e. The van der Waals surface area contributed by atoms with Gasteiger partial charge in [0.1, 0.15) is 12.4 Å². The first-order chi connectivity index (χ1) is 10.6. The second-order valence-electron chi connectivity index (χ2n) is 5.28. The van der Waals surface area contributed by atoms with Crippen molar-refractivity contribution >= 4 is 24.0 Å². The van der Waals surface area contributed by atoms with Gasteiger partial charge in [-0.2, -0.15) is 0 Å².